The van der Waals surface area contributed by atoms with Gasteiger partial charge >= 0.3 is 0 Å². The average Bonchev–Trinajstić information content (AvgIpc) is 3.12. The predicted molar refractivity (Wildman–Crippen MR) is 86.9 cm³/mol. The van der Waals surface area contributed by atoms with Gasteiger partial charge in [-0.1, -0.05) is 29.8 Å². The van der Waals surface area contributed by atoms with Crippen LogP contribution >= 0.6 is 22.9 Å². The van der Waals surface area contributed by atoms with Crippen molar-refractivity contribution >= 4 is 45.7 Å². The first-order valence-corrected chi connectivity index (χ1v) is 7.72. The van der Waals surface area contributed by atoms with Gasteiger partial charge in [-0.3, -0.25) is 20.4 Å². The van der Waals surface area contributed by atoms with E-state index >= 15 is 0 Å². The van der Waals surface area contributed by atoms with Crippen molar-refractivity contribution in [1.29, 1.82) is 0 Å². The number of rotatable bonds is 3. The van der Waals surface area contributed by atoms with Gasteiger partial charge in [-0.05, 0) is 23.8 Å². The fourth-order valence-corrected chi connectivity index (χ4v) is 3.06. The molecule has 2 amide bonds. The number of hydrogen-bond acceptors (Lipinski definition) is 3. The Balaban J connectivity index is 1.60. The molecule has 0 aliphatic carbocycles. The number of carbonyl (C=O) groups excluding carboxylic acids is 2. The lowest BCUT2D eigenvalue weighted by Crippen LogP contribution is -2.42. The second kappa shape index (κ2) is 6.21. The van der Waals surface area contributed by atoms with E-state index < -0.39 is 0 Å². The molecule has 0 unspecified atom stereocenters. The van der Waals surface area contributed by atoms with Crippen molar-refractivity contribution in [2.75, 3.05) is 0 Å². The summed E-state index contributed by atoms with van der Waals surface area (Å²) < 4.78 is 0.523. The molecule has 0 bridgehead atoms. The molecular formula is C15H12ClN3O2S. The summed E-state index contributed by atoms with van der Waals surface area (Å²) in [4.78, 5) is 27.3. The summed E-state index contributed by atoms with van der Waals surface area (Å²) in [5.41, 5.74) is 6.63. The number of halogens is 1. The molecule has 0 radical (unpaired) electrons. The number of fused-ring (bicyclic) bond motifs is 1. The lowest BCUT2D eigenvalue weighted by molar-refractivity contribution is -0.121. The van der Waals surface area contributed by atoms with E-state index in [0.717, 1.165) is 27.8 Å². The summed E-state index contributed by atoms with van der Waals surface area (Å²) in [6.07, 6.45) is 1.97. The summed E-state index contributed by atoms with van der Waals surface area (Å²) in [5, 5.41) is 0.994. The van der Waals surface area contributed by atoms with Crippen LogP contribution < -0.4 is 10.9 Å². The highest BCUT2D eigenvalue weighted by Crippen LogP contribution is 2.21. The van der Waals surface area contributed by atoms with Gasteiger partial charge in [-0.2, -0.15) is 0 Å². The fourth-order valence-electron chi connectivity index (χ4n) is 2.12. The quantitative estimate of drug-likeness (QED) is 0.645. The highest BCUT2D eigenvalue weighted by Gasteiger charge is 2.11. The zero-order valence-corrected chi connectivity index (χ0v) is 12.9. The van der Waals surface area contributed by atoms with E-state index in [0.29, 0.717) is 9.21 Å². The highest BCUT2D eigenvalue weighted by molar-refractivity contribution is 7.17. The molecular weight excluding hydrogens is 322 g/mol. The van der Waals surface area contributed by atoms with Gasteiger partial charge in [0.25, 0.3) is 5.91 Å². The number of hydrazine groups is 1. The summed E-state index contributed by atoms with van der Waals surface area (Å²) in [6, 6.07) is 11.0. The Morgan fingerprint density at radius 2 is 1.95 bits per heavy atom. The first-order chi connectivity index (χ1) is 10.6. The molecule has 3 rings (SSSR count). The molecule has 0 spiro atoms. The number of nitrogens with one attached hydrogen (secondary N) is 3. The van der Waals surface area contributed by atoms with Crippen LogP contribution in [0.15, 0.2) is 42.6 Å². The van der Waals surface area contributed by atoms with Crippen LogP contribution in [0.25, 0.3) is 10.9 Å². The van der Waals surface area contributed by atoms with Crippen molar-refractivity contribution in [3.63, 3.8) is 0 Å². The fraction of sp³-hybridized carbons (Fsp3) is 0.0667. The standard InChI is InChI=1S/C15H12ClN3O2S/c16-13-6-5-12(22-13)15(21)19-18-14(20)7-9-8-17-11-4-2-1-3-10(9)11/h1-6,8,17H,7H2,(H,18,20)(H,19,21). The second-order valence-electron chi connectivity index (χ2n) is 4.64. The predicted octanol–water partition coefficient (Wildman–Crippen LogP) is 2.89. The summed E-state index contributed by atoms with van der Waals surface area (Å²) in [7, 11) is 0. The molecule has 5 nitrogen and oxygen atoms in total. The molecule has 1 aromatic carbocycles. The highest BCUT2D eigenvalue weighted by atomic mass is 35.5. The van der Waals surface area contributed by atoms with Crippen LogP contribution in [0, 0.1) is 0 Å². The minimum Gasteiger partial charge on any atom is -0.361 e. The Morgan fingerprint density at radius 3 is 2.73 bits per heavy atom. The van der Waals surface area contributed by atoms with Gasteiger partial charge < -0.3 is 4.98 Å². The van der Waals surface area contributed by atoms with Crippen LogP contribution in [-0.2, 0) is 11.2 Å². The van der Waals surface area contributed by atoms with Gasteiger partial charge in [-0.15, -0.1) is 11.3 Å². The number of aromatic nitrogens is 1. The van der Waals surface area contributed by atoms with Crippen molar-refractivity contribution in [3.05, 3.63) is 57.4 Å². The van der Waals surface area contributed by atoms with E-state index in [-0.39, 0.29) is 18.2 Å². The minimum atomic E-state index is -0.385. The number of benzene rings is 1. The Morgan fingerprint density at radius 1 is 1.14 bits per heavy atom. The van der Waals surface area contributed by atoms with E-state index in [9.17, 15) is 9.59 Å². The molecule has 3 aromatic rings. The largest absolute Gasteiger partial charge is 0.361 e. The number of hydrogen-bond donors (Lipinski definition) is 3. The number of thiophene rings is 1. The van der Waals surface area contributed by atoms with Crippen molar-refractivity contribution in [1.82, 2.24) is 15.8 Å². The van der Waals surface area contributed by atoms with Gasteiger partial charge in [0.1, 0.15) is 0 Å². The van der Waals surface area contributed by atoms with Gasteiger partial charge in [0.15, 0.2) is 0 Å². The molecule has 0 fully saturated rings. The molecule has 0 aliphatic rings. The molecule has 112 valence electrons. The third kappa shape index (κ3) is 3.13. The van der Waals surface area contributed by atoms with E-state index in [2.05, 4.69) is 15.8 Å². The average molecular weight is 334 g/mol. The zero-order valence-electron chi connectivity index (χ0n) is 11.4. The maximum absolute atomic E-state index is 11.9. The molecule has 0 saturated carbocycles. The first-order valence-electron chi connectivity index (χ1n) is 6.53. The van der Waals surface area contributed by atoms with Crippen molar-refractivity contribution in [3.8, 4) is 0 Å². The van der Waals surface area contributed by atoms with Crippen LogP contribution in [0.1, 0.15) is 15.2 Å². The number of carbonyl (C=O) groups is 2. The van der Waals surface area contributed by atoms with Crippen LogP contribution in [0.2, 0.25) is 4.34 Å². The molecule has 3 N–H and O–H groups in total. The zero-order chi connectivity index (χ0) is 15.5. The van der Waals surface area contributed by atoms with Crippen molar-refractivity contribution in [2.24, 2.45) is 0 Å². The van der Waals surface area contributed by atoms with E-state index in [1.54, 1.807) is 18.3 Å². The third-order valence-electron chi connectivity index (χ3n) is 3.14. The third-order valence-corrected chi connectivity index (χ3v) is 4.37. The van der Waals surface area contributed by atoms with Gasteiger partial charge in [0.05, 0.1) is 15.6 Å². The van der Waals surface area contributed by atoms with E-state index in [1.807, 2.05) is 24.3 Å². The second-order valence-corrected chi connectivity index (χ2v) is 6.36. The number of amides is 2. The number of aromatic amines is 1. The van der Waals surface area contributed by atoms with Crippen LogP contribution in [0.5, 0.6) is 0 Å². The lowest BCUT2D eigenvalue weighted by atomic mass is 10.1. The van der Waals surface area contributed by atoms with Crippen LogP contribution in [0.3, 0.4) is 0 Å². The van der Waals surface area contributed by atoms with Crippen molar-refractivity contribution < 1.29 is 9.59 Å². The Labute approximate surface area is 135 Å². The summed E-state index contributed by atoms with van der Waals surface area (Å²) >= 11 is 6.92. The SMILES string of the molecule is O=C(Cc1c[nH]c2ccccc12)NNC(=O)c1ccc(Cl)s1. The molecule has 0 aliphatic heterocycles. The maximum atomic E-state index is 11.9. The van der Waals surface area contributed by atoms with E-state index in [4.69, 9.17) is 11.6 Å². The molecule has 22 heavy (non-hydrogen) atoms. The van der Waals surface area contributed by atoms with Crippen molar-refractivity contribution in [2.45, 2.75) is 6.42 Å². The van der Waals surface area contributed by atoms with Crippen LogP contribution in [-0.4, -0.2) is 16.8 Å². The smallest absolute Gasteiger partial charge is 0.279 e. The van der Waals surface area contributed by atoms with Gasteiger partial charge in [-0.25, -0.2) is 0 Å². The summed E-state index contributed by atoms with van der Waals surface area (Å²) in [5.74, 6) is -0.676. The maximum Gasteiger partial charge on any atom is 0.279 e. The van der Waals surface area contributed by atoms with E-state index in [1.165, 1.54) is 0 Å². The molecule has 0 atom stereocenters. The number of para-hydroxylation sites is 1. The lowest BCUT2D eigenvalue weighted by Gasteiger charge is -2.05. The first kappa shape index (κ1) is 14.6. The summed E-state index contributed by atoms with van der Waals surface area (Å²) in [6.45, 7) is 0. The Bertz CT molecular complexity index is 840. The Kier molecular flexibility index (Phi) is 4.13. The minimum absolute atomic E-state index is 0.176. The molecule has 2 heterocycles. The number of H-pyrrole nitrogens is 1. The van der Waals surface area contributed by atoms with Gasteiger partial charge in [0.2, 0.25) is 5.91 Å². The normalized spacial score (nSPS) is 10.6. The molecule has 7 heteroatoms. The molecule has 2 aromatic heterocycles. The molecule has 0 saturated heterocycles. The Hall–Kier alpha value is -2.31. The van der Waals surface area contributed by atoms with Gasteiger partial charge in [0, 0.05) is 17.1 Å². The van der Waals surface area contributed by atoms with Crippen LogP contribution in [0.4, 0.5) is 0 Å². The monoisotopic (exact) mass is 333 g/mol. The topological polar surface area (TPSA) is 74.0 Å².